The maximum atomic E-state index is 12.3. The number of thioether (sulfide) groups is 1. The average Bonchev–Trinajstić information content (AvgIpc) is 3.29. The van der Waals surface area contributed by atoms with Crippen LogP contribution in [-0.2, 0) is 4.79 Å². The highest BCUT2D eigenvalue weighted by Crippen LogP contribution is 2.36. The fourth-order valence-electron chi connectivity index (χ4n) is 2.80. The minimum Gasteiger partial charge on any atom is -0.457 e. The van der Waals surface area contributed by atoms with Crippen LogP contribution in [0.4, 0.5) is 5.69 Å². The van der Waals surface area contributed by atoms with Crippen LogP contribution in [-0.4, -0.2) is 17.0 Å². The molecule has 4 rings (SSSR count). The summed E-state index contributed by atoms with van der Waals surface area (Å²) < 4.78 is 5.81. The zero-order valence-electron chi connectivity index (χ0n) is 15.2. The molecule has 30 heavy (non-hydrogen) atoms. The van der Waals surface area contributed by atoms with Gasteiger partial charge in [-0.25, -0.2) is 4.99 Å². The van der Waals surface area contributed by atoms with Crippen molar-refractivity contribution in [3.8, 4) is 11.3 Å². The first-order valence-corrected chi connectivity index (χ1v) is 10.2. The summed E-state index contributed by atoms with van der Waals surface area (Å²) in [6.07, 6.45) is 1.59. The summed E-state index contributed by atoms with van der Waals surface area (Å²) in [7, 11) is 0. The number of amidine groups is 1. The van der Waals surface area contributed by atoms with Gasteiger partial charge in [-0.3, -0.25) is 9.59 Å². The van der Waals surface area contributed by atoms with Gasteiger partial charge in [0, 0.05) is 6.08 Å². The summed E-state index contributed by atoms with van der Waals surface area (Å²) in [5, 5.41) is 3.93. The largest absolute Gasteiger partial charge is 0.457 e. The molecule has 150 valence electrons. The molecule has 6 nitrogen and oxygen atoms in total. The van der Waals surface area contributed by atoms with Gasteiger partial charge in [0.05, 0.1) is 31.8 Å². The molecule has 0 aliphatic carbocycles. The lowest BCUT2D eigenvalue weighted by Gasteiger charge is -2.02. The molecule has 0 bridgehead atoms. The molecule has 2 aromatic carbocycles. The molecule has 3 aromatic rings. The number of primary amides is 1. The Bertz CT molecular complexity index is 1210. The predicted octanol–water partition coefficient (Wildman–Crippen LogP) is 5.24. The SMILES string of the molecule is NC(=O)c1ccccc1N=C1NC(=O)/C(=C\c2ccc(-c3c(Cl)cccc3Cl)o2)S1. The minimum atomic E-state index is -0.596. The topological polar surface area (TPSA) is 97.7 Å². The van der Waals surface area contributed by atoms with E-state index in [9.17, 15) is 9.59 Å². The molecular weight excluding hydrogens is 445 g/mol. The Morgan fingerprint density at radius 1 is 1.07 bits per heavy atom. The second kappa shape index (κ2) is 8.39. The van der Waals surface area contributed by atoms with E-state index in [-0.39, 0.29) is 11.5 Å². The number of amides is 2. The molecule has 0 spiro atoms. The Morgan fingerprint density at radius 3 is 2.53 bits per heavy atom. The van der Waals surface area contributed by atoms with Crippen LogP contribution in [0.2, 0.25) is 10.0 Å². The smallest absolute Gasteiger partial charge is 0.264 e. The first kappa shape index (κ1) is 20.3. The van der Waals surface area contributed by atoms with Gasteiger partial charge in [0.2, 0.25) is 0 Å². The molecule has 0 unspecified atom stereocenters. The molecule has 9 heteroatoms. The number of aliphatic imine (C=N–C) groups is 1. The monoisotopic (exact) mass is 457 g/mol. The molecular formula is C21H13Cl2N3O3S. The lowest BCUT2D eigenvalue weighted by molar-refractivity contribution is -0.115. The van der Waals surface area contributed by atoms with Crippen molar-refractivity contribution in [3.05, 3.63) is 80.9 Å². The van der Waals surface area contributed by atoms with E-state index in [4.69, 9.17) is 33.4 Å². The summed E-state index contributed by atoms with van der Waals surface area (Å²) in [4.78, 5) is 28.6. The number of benzene rings is 2. The third kappa shape index (κ3) is 4.14. The van der Waals surface area contributed by atoms with E-state index in [0.717, 1.165) is 11.8 Å². The highest BCUT2D eigenvalue weighted by molar-refractivity contribution is 8.18. The van der Waals surface area contributed by atoms with E-state index in [2.05, 4.69) is 10.3 Å². The molecule has 2 amide bonds. The van der Waals surface area contributed by atoms with Crippen molar-refractivity contribution < 1.29 is 14.0 Å². The normalized spacial score (nSPS) is 16.3. The van der Waals surface area contributed by atoms with E-state index in [1.54, 1.807) is 60.7 Å². The molecule has 0 saturated carbocycles. The zero-order chi connectivity index (χ0) is 21.3. The summed E-state index contributed by atoms with van der Waals surface area (Å²) in [5.41, 5.74) is 6.60. The van der Waals surface area contributed by atoms with Crippen molar-refractivity contribution in [1.29, 1.82) is 0 Å². The standard InChI is InChI=1S/C21H13Cl2N3O3S/c22-13-5-3-6-14(23)18(13)16-9-8-11(29-16)10-17-20(28)26-21(30-17)25-15-7-2-1-4-12(15)19(24)27/h1-10H,(H2,24,27)(H,25,26,28)/b17-10+. The van der Waals surface area contributed by atoms with Crippen LogP contribution in [0.15, 0.2) is 68.9 Å². The molecule has 1 aliphatic rings. The molecule has 0 radical (unpaired) electrons. The second-order valence-corrected chi connectivity index (χ2v) is 8.01. The molecule has 3 N–H and O–H groups in total. The van der Waals surface area contributed by atoms with Gasteiger partial charge in [0.1, 0.15) is 11.5 Å². The van der Waals surface area contributed by atoms with Gasteiger partial charge in [-0.1, -0.05) is 41.4 Å². The second-order valence-electron chi connectivity index (χ2n) is 6.16. The van der Waals surface area contributed by atoms with Crippen LogP contribution in [0.1, 0.15) is 16.1 Å². The highest BCUT2D eigenvalue weighted by atomic mass is 35.5. The van der Waals surface area contributed by atoms with E-state index < -0.39 is 5.91 Å². The fourth-order valence-corrected chi connectivity index (χ4v) is 4.20. The van der Waals surface area contributed by atoms with Crippen molar-refractivity contribution in [3.63, 3.8) is 0 Å². The predicted molar refractivity (Wildman–Crippen MR) is 120 cm³/mol. The number of para-hydroxylation sites is 1. The third-order valence-corrected chi connectivity index (χ3v) is 5.69. The zero-order valence-corrected chi connectivity index (χ0v) is 17.5. The van der Waals surface area contributed by atoms with Gasteiger partial charge in [0.25, 0.3) is 11.8 Å². The van der Waals surface area contributed by atoms with Gasteiger partial charge in [-0.2, -0.15) is 0 Å². The van der Waals surface area contributed by atoms with Crippen LogP contribution in [0, 0.1) is 0 Å². The molecule has 1 fully saturated rings. The third-order valence-electron chi connectivity index (χ3n) is 4.15. The number of carbonyl (C=O) groups excluding carboxylic acids is 2. The maximum Gasteiger partial charge on any atom is 0.264 e. The van der Waals surface area contributed by atoms with Crippen LogP contribution in [0.25, 0.3) is 17.4 Å². The lowest BCUT2D eigenvalue weighted by Crippen LogP contribution is -2.19. The number of hydrogen-bond acceptors (Lipinski definition) is 5. The Kier molecular flexibility index (Phi) is 5.67. The van der Waals surface area contributed by atoms with Gasteiger partial charge in [-0.15, -0.1) is 0 Å². The van der Waals surface area contributed by atoms with Crippen LogP contribution in [0.3, 0.4) is 0 Å². The van der Waals surface area contributed by atoms with Crippen molar-refractivity contribution in [2.45, 2.75) is 0 Å². The number of halogens is 2. The van der Waals surface area contributed by atoms with E-state index in [1.165, 1.54) is 0 Å². The van der Waals surface area contributed by atoms with Gasteiger partial charge in [0.15, 0.2) is 5.17 Å². The summed E-state index contributed by atoms with van der Waals surface area (Å²) in [6.45, 7) is 0. The first-order chi connectivity index (χ1) is 14.4. The molecule has 1 saturated heterocycles. The van der Waals surface area contributed by atoms with Crippen molar-refractivity contribution >= 4 is 63.7 Å². The minimum absolute atomic E-state index is 0.268. The van der Waals surface area contributed by atoms with Crippen LogP contribution < -0.4 is 11.1 Å². The number of furan rings is 1. The van der Waals surface area contributed by atoms with Crippen molar-refractivity contribution in [1.82, 2.24) is 5.32 Å². The molecule has 0 atom stereocenters. The number of carbonyl (C=O) groups is 2. The number of nitrogens with one attached hydrogen (secondary N) is 1. The molecule has 1 aliphatic heterocycles. The summed E-state index contributed by atoms with van der Waals surface area (Å²) in [6, 6.07) is 15.3. The molecule has 2 heterocycles. The Labute approximate surface area is 185 Å². The maximum absolute atomic E-state index is 12.3. The quantitative estimate of drug-likeness (QED) is 0.523. The Balaban J connectivity index is 1.60. The van der Waals surface area contributed by atoms with Crippen LogP contribution >= 0.6 is 35.0 Å². The van der Waals surface area contributed by atoms with Gasteiger partial charge in [-0.05, 0) is 48.2 Å². The van der Waals surface area contributed by atoms with E-state index in [0.29, 0.717) is 42.9 Å². The number of rotatable bonds is 4. The van der Waals surface area contributed by atoms with Crippen LogP contribution in [0.5, 0.6) is 0 Å². The average molecular weight is 458 g/mol. The van der Waals surface area contributed by atoms with Crippen molar-refractivity contribution in [2.24, 2.45) is 10.7 Å². The van der Waals surface area contributed by atoms with Gasteiger partial charge >= 0.3 is 0 Å². The summed E-state index contributed by atoms with van der Waals surface area (Å²) in [5.74, 6) is 0.0213. The van der Waals surface area contributed by atoms with E-state index >= 15 is 0 Å². The Morgan fingerprint density at radius 2 is 1.80 bits per heavy atom. The number of nitrogens with zero attached hydrogens (tertiary/aromatic N) is 1. The lowest BCUT2D eigenvalue weighted by atomic mass is 10.2. The fraction of sp³-hybridized carbons (Fsp3) is 0. The van der Waals surface area contributed by atoms with E-state index in [1.807, 2.05) is 0 Å². The molecule has 1 aromatic heterocycles. The first-order valence-electron chi connectivity index (χ1n) is 8.65. The summed E-state index contributed by atoms with van der Waals surface area (Å²) >= 11 is 13.6. The Hall–Kier alpha value is -3.00. The van der Waals surface area contributed by atoms with Crippen molar-refractivity contribution in [2.75, 3.05) is 0 Å². The van der Waals surface area contributed by atoms with Gasteiger partial charge < -0.3 is 15.5 Å². The number of nitrogens with two attached hydrogens (primary N) is 1. The highest BCUT2D eigenvalue weighted by Gasteiger charge is 2.25. The number of hydrogen-bond donors (Lipinski definition) is 2.